The molecule has 7 heteroatoms. The molecule has 0 aliphatic carbocycles. The van der Waals surface area contributed by atoms with E-state index < -0.39 is 0 Å². The fourth-order valence-corrected chi connectivity index (χ4v) is 2.93. The first kappa shape index (κ1) is 17.0. The van der Waals surface area contributed by atoms with Gasteiger partial charge in [-0.2, -0.15) is 0 Å². The van der Waals surface area contributed by atoms with E-state index in [4.69, 9.17) is 16.3 Å². The van der Waals surface area contributed by atoms with E-state index >= 15 is 0 Å². The summed E-state index contributed by atoms with van der Waals surface area (Å²) >= 11 is 6.13. The van der Waals surface area contributed by atoms with Crippen LogP contribution in [0, 0.1) is 0 Å². The van der Waals surface area contributed by atoms with Gasteiger partial charge >= 0.3 is 0 Å². The van der Waals surface area contributed by atoms with Crippen molar-refractivity contribution in [3.63, 3.8) is 0 Å². The number of imidazole rings is 1. The van der Waals surface area contributed by atoms with Crippen molar-refractivity contribution in [2.75, 3.05) is 39.4 Å². The lowest BCUT2D eigenvalue weighted by Gasteiger charge is -2.26. The van der Waals surface area contributed by atoms with Gasteiger partial charge in [-0.3, -0.25) is 14.1 Å². The predicted octanol–water partition coefficient (Wildman–Crippen LogP) is 1.84. The van der Waals surface area contributed by atoms with Crippen molar-refractivity contribution in [3.8, 4) is 0 Å². The number of nitrogens with zero attached hydrogens (tertiary/aromatic N) is 3. The molecule has 6 nitrogen and oxygen atoms in total. The Hall–Kier alpha value is -1.89. The predicted molar refractivity (Wildman–Crippen MR) is 94.1 cm³/mol. The average molecular weight is 349 g/mol. The molecular weight excluding hydrogens is 328 g/mol. The molecule has 1 amide bonds. The van der Waals surface area contributed by atoms with Crippen LogP contribution in [0.25, 0.3) is 11.7 Å². The molecule has 128 valence electrons. The summed E-state index contributed by atoms with van der Waals surface area (Å²) in [5, 5.41) is 3.28. The lowest BCUT2D eigenvalue weighted by molar-refractivity contribution is -0.116. The van der Waals surface area contributed by atoms with Gasteiger partial charge in [0.15, 0.2) is 5.15 Å². The van der Waals surface area contributed by atoms with Crippen molar-refractivity contribution in [1.29, 1.82) is 0 Å². The number of ether oxygens (including phenoxy) is 1. The number of rotatable bonds is 6. The second-order valence-electron chi connectivity index (χ2n) is 5.65. The molecule has 3 heterocycles. The molecule has 2 aromatic heterocycles. The lowest BCUT2D eigenvalue weighted by atomic mass is 10.3. The van der Waals surface area contributed by atoms with Gasteiger partial charge < -0.3 is 10.1 Å². The van der Waals surface area contributed by atoms with Crippen LogP contribution in [0.3, 0.4) is 0 Å². The van der Waals surface area contributed by atoms with Crippen molar-refractivity contribution >= 4 is 29.2 Å². The SMILES string of the molecule is O=C(C=Cc1c(Cl)nc2ccccn12)NCCCN1CCOCC1. The lowest BCUT2D eigenvalue weighted by Crippen LogP contribution is -2.38. The summed E-state index contributed by atoms with van der Waals surface area (Å²) in [7, 11) is 0. The maximum Gasteiger partial charge on any atom is 0.244 e. The highest BCUT2D eigenvalue weighted by atomic mass is 35.5. The molecule has 3 rings (SSSR count). The third kappa shape index (κ3) is 4.35. The number of amides is 1. The first-order chi connectivity index (χ1) is 11.7. The number of carbonyl (C=O) groups is 1. The van der Waals surface area contributed by atoms with Crippen LogP contribution >= 0.6 is 11.6 Å². The molecule has 0 atom stereocenters. The molecule has 0 aromatic carbocycles. The molecule has 1 aliphatic heterocycles. The molecule has 0 radical (unpaired) electrons. The molecule has 1 fully saturated rings. The normalized spacial score (nSPS) is 16.0. The monoisotopic (exact) mass is 348 g/mol. The van der Waals surface area contributed by atoms with Crippen LogP contribution in [0.4, 0.5) is 0 Å². The zero-order valence-electron chi connectivity index (χ0n) is 13.4. The maximum atomic E-state index is 11.9. The van der Waals surface area contributed by atoms with Crippen molar-refractivity contribution in [2.24, 2.45) is 0 Å². The summed E-state index contributed by atoms with van der Waals surface area (Å²) in [6, 6.07) is 5.66. The molecule has 2 aromatic rings. The number of carbonyl (C=O) groups excluding carboxylic acids is 1. The highest BCUT2D eigenvalue weighted by molar-refractivity contribution is 6.31. The second-order valence-corrected chi connectivity index (χ2v) is 6.01. The van der Waals surface area contributed by atoms with E-state index in [9.17, 15) is 4.79 Å². The minimum Gasteiger partial charge on any atom is -0.379 e. The van der Waals surface area contributed by atoms with Crippen LogP contribution in [0.1, 0.15) is 12.1 Å². The van der Waals surface area contributed by atoms with Crippen molar-refractivity contribution in [1.82, 2.24) is 19.6 Å². The molecule has 0 bridgehead atoms. The third-order valence-corrected chi connectivity index (χ3v) is 4.25. The maximum absolute atomic E-state index is 11.9. The largest absolute Gasteiger partial charge is 0.379 e. The van der Waals surface area contributed by atoms with Gasteiger partial charge in [0.1, 0.15) is 5.65 Å². The highest BCUT2D eigenvalue weighted by Gasteiger charge is 2.09. The molecular formula is C17H21ClN4O2. The minimum absolute atomic E-state index is 0.126. The smallest absolute Gasteiger partial charge is 0.244 e. The fraction of sp³-hybridized carbons (Fsp3) is 0.412. The van der Waals surface area contributed by atoms with E-state index in [-0.39, 0.29) is 5.91 Å². The van der Waals surface area contributed by atoms with Gasteiger partial charge in [0.05, 0.1) is 18.9 Å². The third-order valence-electron chi connectivity index (χ3n) is 3.97. The van der Waals surface area contributed by atoms with Gasteiger partial charge in [-0.25, -0.2) is 4.98 Å². The number of aromatic nitrogens is 2. The summed E-state index contributed by atoms with van der Waals surface area (Å²) < 4.78 is 7.17. The molecule has 0 spiro atoms. The van der Waals surface area contributed by atoms with E-state index in [0.717, 1.165) is 44.9 Å². The van der Waals surface area contributed by atoms with Crippen molar-refractivity contribution in [2.45, 2.75) is 6.42 Å². The molecule has 1 N–H and O–H groups in total. The highest BCUT2D eigenvalue weighted by Crippen LogP contribution is 2.18. The Morgan fingerprint density at radius 1 is 1.38 bits per heavy atom. The van der Waals surface area contributed by atoms with Crippen LogP contribution < -0.4 is 5.32 Å². The van der Waals surface area contributed by atoms with E-state index in [1.165, 1.54) is 6.08 Å². The Morgan fingerprint density at radius 3 is 3.04 bits per heavy atom. The number of hydrogen-bond donors (Lipinski definition) is 1. The van der Waals surface area contributed by atoms with Gasteiger partial charge in [0.2, 0.25) is 5.91 Å². The molecule has 1 saturated heterocycles. The first-order valence-corrected chi connectivity index (χ1v) is 8.50. The van der Waals surface area contributed by atoms with Gasteiger partial charge in [0, 0.05) is 31.9 Å². The fourth-order valence-electron chi connectivity index (χ4n) is 2.69. The molecule has 0 unspecified atom stereocenters. The zero-order chi connectivity index (χ0) is 16.8. The second kappa shape index (κ2) is 8.28. The Morgan fingerprint density at radius 2 is 2.21 bits per heavy atom. The van der Waals surface area contributed by atoms with E-state index in [2.05, 4.69) is 15.2 Å². The van der Waals surface area contributed by atoms with Crippen LogP contribution in [0.2, 0.25) is 5.15 Å². The molecule has 24 heavy (non-hydrogen) atoms. The van der Waals surface area contributed by atoms with Crippen molar-refractivity contribution < 1.29 is 9.53 Å². The summed E-state index contributed by atoms with van der Waals surface area (Å²) in [6.45, 7) is 5.18. The number of hydrogen-bond acceptors (Lipinski definition) is 4. The van der Waals surface area contributed by atoms with E-state index in [0.29, 0.717) is 17.4 Å². The summed E-state index contributed by atoms with van der Waals surface area (Å²) in [5.74, 6) is -0.126. The van der Waals surface area contributed by atoms with E-state index in [1.807, 2.05) is 28.8 Å². The quantitative estimate of drug-likeness (QED) is 0.639. The number of morpholine rings is 1. The summed E-state index contributed by atoms with van der Waals surface area (Å²) in [4.78, 5) is 18.5. The zero-order valence-corrected chi connectivity index (χ0v) is 14.2. The van der Waals surface area contributed by atoms with Crippen molar-refractivity contribution in [3.05, 3.63) is 41.3 Å². The standard InChI is InChI=1S/C17H21ClN4O2/c18-17-14(22-9-2-1-4-15(22)20-17)5-6-16(23)19-7-3-8-21-10-12-24-13-11-21/h1-2,4-6,9H,3,7-8,10-13H2,(H,19,23). The minimum atomic E-state index is -0.126. The average Bonchev–Trinajstić information content (AvgIpc) is 2.93. The topological polar surface area (TPSA) is 58.9 Å². The van der Waals surface area contributed by atoms with E-state index in [1.54, 1.807) is 6.08 Å². The van der Waals surface area contributed by atoms with Crippen LogP contribution in [-0.4, -0.2) is 59.6 Å². The molecule has 0 saturated carbocycles. The number of fused-ring (bicyclic) bond motifs is 1. The van der Waals surface area contributed by atoms with Gasteiger partial charge in [0.25, 0.3) is 0 Å². The Labute approximate surface area is 146 Å². The van der Waals surface area contributed by atoms with Crippen LogP contribution in [-0.2, 0) is 9.53 Å². The van der Waals surface area contributed by atoms with Crippen LogP contribution in [0.5, 0.6) is 0 Å². The van der Waals surface area contributed by atoms with Crippen LogP contribution in [0.15, 0.2) is 30.5 Å². The summed E-state index contributed by atoms with van der Waals surface area (Å²) in [5.41, 5.74) is 1.46. The van der Waals surface area contributed by atoms with Gasteiger partial charge in [-0.15, -0.1) is 0 Å². The first-order valence-electron chi connectivity index (χ1n) is 8.12. The summed E-state index contributed by atoms with van der Waals surface area (Å²) in [6.07, 6.45) is 5.99. The number of pyridine rings is 1. The Bertz CT molecular complexity index is 722. The Balaban J connectivity index is 1.47. The number of halogens is 1. The van der Waals surface area contributed by atoms with Gasteiger partial charge in [-0.05, 0) is 31.2 Å². The number of nitrogens with one attached hydrogen (secondary N) is 1. The Kier molecular flexibility index (Phi) is 5.85. The molecule has 1 aliphatic rings. The van der Waals surface area contributed by atoms with Gasteiger partial charge in [-0.1, -0.05) is 17.7 Å².